The molecule has 0 fully saturated rings. The van der Waals surface area contributed by atoms with Gasteiger partial charge >= 0.3 is 11.9 Å². The summed E-state index contributed by atoms with van der Waals surface area (Å²) in [5.41, 5.74) is -0.0895. The van der Waals surface area contributed by atoms with E-state index < -0.39 is 17.4 Å². The number of carboxylic acid groups (broad SMARTS) is 1. The summed E-state index contributed by atoms with van der Waals surface area (Å²) in [5.74, 6) is -1.79. The Morgan fingerprint density at radius 1 is 1.43 bits per heavy atom. The number of hydrogen-bond acceptors (Lipinski definition) is 4. The highest BCUT2D eigenvalue weighted by Crippen LogP contribution is 2.33. The maximum absolute atomic E-state index is 12.3. The number of pyridine rings is 1. The van der Waals surface area contributed by atoms with Crippen molar-refractivity contribution < 1.29 is 19.4 Å². The lowest BCUT2D eigenvalue weighted by Crippen LogP contribution is -2.44. The van der Waals surface area contributed by atoms with Crippen molar-refractivity contribution >= 4 is 11.9 Å². The van der Waals surface area contributed by atoms with Crippen LogP contribution in [-0.2, 0) is 20.7 Å². The van der Waals surface area contributed by atoms with Crippen molar-refractivity contribution in [1.29, 1.82) is 0 Å². The zero-order valence-corrected chi connectivity index (χ0v) is 13.0. The number of carbonyl (C=O) groups is 2. The van der Waals surface area contributed by atoms with Crippen LogP contribution in [0.2, 0.25) is 0 Å². The lowest BCUT2D eigenvalue weighted by atomic mass is 9.75. The number of aryl methyl sites for hydroxylation is 1. The van der Waals surface area contributed by atoms with Crippen LogP contribution in [0.25, 0.3) is 0 Å². The lowest BCUT2D eigenvalue weighted by molar-refractivity contribution is -0.170. The molecule has 1 heterocycles. The van der Waals surface area contributed by atoms with Crippen LogP contribution in [-0.4, -0.2) is 28.6 Å². The summed E-state index contributed by atoms with van der Waals surface area (Å²) < 4.78 is 5.03. The highest BCUT2D eigenvalue weighted by molar-refractivity contribution is 5.99. The van der Waals surface area contributed by atoms with Crippen LogP contribution in [0.1, 0.15) is 38.4 Å². The third-order valence-electron chi connectivity index (χ3n) is 3.42. The number of carbonyl (C=O) groups excluding carboxylic acids is 1. The first kappa shape index (κ1) is 17.1. The van der Waals surface area contributed by atoms with E-state index in [1.54, 1.807) is 19.2 Å². The molecule has 1 rings (SSSR count). The Kier molecular flexibility index (Phi) is 5.88. The Morgan fingerprint density at radius 3 is 2.57 bits per heavy atom. The summed E-state index contributed by atoms with van der Waals surface area (Å²) in [5, 5.41) is 9.69. The van der Waals surface area contributed by atoms with Crippen molar-refractivity contribution in [1.82, 2.24) is 4.98 Å². The van der Waals surface area contributed by atoms with E-state index in [1.807, 2.05) is 26.8 Å². The molecule has 116 valence electrons. The van der Waals surface area contributed by atoms with Gasteiger partial charge in [0, 0.05) is 18.3 Å². The van der Waals surface area contributed by atoms with E-state index in [1.165, 1.54) is 0 Å². The molecule has 0 aromatic carbocycles. The highest BCUT2D eigenvalue weighted by Gasteiger charge is 2.48. The zero-order chi connectivity index (χ0) is 16.0. The third kappa shape index (κ3) is 4.03. The van der Waals surface area contributed by atoms with E-state index in [0.717, 1.165) is 5.56 Å². The Balaban J connectivity index is 3.25. The average molecular weight is 293 g/mol. The molecule has 21 heavy (non-hydrogen) atoms. The van der Waals surface area contributed by atoms with Crippen LogP contribution < -0.4 is 0 Å². The van der Waals surface area contributed by atoms with E-state index in [4.69, 9.17) is 4.74 Å². The maximum atomic E-state index is 12.3. The van der Waals surface area contributed by atoms with Crippen LogP contribution >= 0.6 is 0 Å². The van der Waals surface area contributed by atoms with E-state index >= 15 is 0 Å². The molecule has 0 aliphatic heterocycles. The third-order valence-corrected chi connectivity index (χ3v) is 3.42. The summed E-state index contributed by atoms with van der Waals surface area (Å²) in [4.78, 5) is 28.4. The van der Waals surface area contributed by atoms with Crippen molar-refractivity contribution in [2.75, 3.05) is 6.61 Å². The monoisotopic (exact) mass is 293 g/mol. The number of rotatable bonds is 7. The van der Waals surface area contributed by atoms with E-state index in [-0.39, 0.29) is 25.4 Å². The summed E-state index contributed by atoms with van der Waals surface area (Å²) >= 11 is 0. The Morgan fingerprint density at radius 2 is 2.10 bits per heavy atom. The molecule has 1 aromatic rings. The Hall–Kier alpha value is -1.91. The summed E-state index contributed by atoms with van der Waals surface area (Å²) in [6.45, 7) is 7.47. The molecule has 1 atom stereocenters. The number of nitrogens with zero attached hydrogens (tertiary/aromatic N) is 1. The lowest BCUT2D eigenvalue weighted by Gasteiger charge is -2.29. The molecule has 1 unspecified atom stereocenters. The molecule has 0 saturated carbocycles. The minimum Gasteiger partial charge on any atom is -0.480 e. The van der Waals surface area contributed by atoms with Gasteiger partial charge in [-0.25, -0.2) is 0 Å². The maximum Gasteiger partial charge on any atom is 0.323 e. The van der Waals surface area contributed by atoms with E-state index in [2.05, 4.69) is 4.98 Å². The molecule has 0 bridgehead atoms. The topological polar surface area (TPSA) is 76.5 Å². The van der Waals surface area contributed by atoms with Crippen LogP contribution in [0, 0.1) is 18.3 Å². The minimum absolute atomic E-state index is 0.0476. The highest BCUT2D eigenvalue weighted by atomic mass is 16.5. The fourth-order valence-electron chi connectivity index (χ4n) is 2.43. The molecule has 0 saturated heterocycles. The molecule has 0 spiro atoms. The van der Waals surface area contributed by atoms with Crippen molar-refractivity contribution in [3.63, 3.8) is 0 Å². The van der Waals surface area contributed by atoms with Gasteiger partial charge in [0.1, 0.15) is 0 Å². The number of aromatic nitrogens is 1. The van der Waals surface area contributed by atoms with Crippen LogP contribution in [0.4, 0.5) is 0 Å². The quantitative estimate of drug-likeness (QED) is 0.617. The van der Waals surface area contributed by atoms with Crippen LogP contribution in [0.5, 0.6) is 0 Å². The first-order valence-electron chi connectivity index (χ1n) is 7.14. The molecule has 0 radical (unpaired) electrons. The summed E-state index contributed by atoms with van der Waals surface area (Å²) in [7, 11) is 0. The smallest absolute Gasteiger partial charge is 0.323 e. The van der Waals surface area contributed by atoms with Gasteiger partial charge in [-0.2, -0.15) is 0 Å². The fraction of sp³-hybridized carbons (Fsp3) is 0.562. The average Bonchev–Trinajstić information content (AvgIpc) is 2.39. The minimum atomic E-state index is -1.58. The molecule has 1 N–H and O–H groups in total. The van der Waals surface area contributed by atoms with Gasteiger partial charge in [-0.15, -0.1) is 0 Å². The Labute approximate surface area is 125 Å². The predicted molar refractivity (Wildman–Crippen MR) is 78.8 cm³/mol. The fourth-order valence-corrected chi connectivity index (χ4v) is 2.43. The number of carboxylic acids is 1. The van der Waals surface area contributed by atoms with Crippen molar-refractivity contribution in [3.05, 3.63) is 29.6 Å². The zero-order valence-electron chi connectivity index (χ0n) is 13.0. The largest absolute Gasteiger partial charge is 0.480 e. The van der Waals surface area contributed by atoms with E-state index in [9.17, 15) is 14.7 Å². The number of hydrogen-bond donors (Lipinski definition) is 1. The van der Waals surface area contributed by atoms with Gasteiger partial charge < -0.3 is 9.84 Å². The van der Waals surface area contributed by atoms with Gasteiger partial charge in [0.2, 0.25) is 0 Å². The van der Waals surface area contributed by atoms with Crippen molar-refractivity contribution in [3.8, 4) is 0 Å². The van der Waals surface area contributed by atoms with Gasteiger partial charge in [0.15, 0.2) is 5.41 Å². The van der Waals surface area contributed by atoms with Crippen LogP contribution in [0.3, 0.4) is 0 Å². The normalized spacial score (nSPS) is 13.8. The molecule has 0 aliphatic rings. The second-order valence-corrected chi connectivity index (χ2v) is 5.65. The molecule has 5 nitrogen and oxygen atoms in total. The summed E-state index contributed by atoms with van der Waals surface area (Å²) in [6.07, 6.45) is 1.87. The predicted octanol–water partition coefficient (Wildman–Crippen LogP) is 2.61. The van der Waals surface area contributed by atoms with Gasteiger partial charge in [-0.3, -0.25) is 14.6 Å². The molecule has 0 amide bonds. The van der Waals surface area contributed by atoms with Crippen molar-refractivity contribution in [2.24, 2.45) is 11.3 Å². The second kappa shape index (κ2) is 7.20. The second-order valence-electron chi connectivity index (χ2n) is 5.65. The molecular formula is C16H23NO4. The van der Waals surface area contributed by atoms with Crippen molar-refractivity contribution in [2.45, 2.75) is 40.5 Å². The van der Waals surface area contributed by atoms with Gasteiger partial charge in [-0.05, 0) is 37.8 Å². The first-order valence-corrected chi connectivity index (χ1v) is 7.14. The molecule has 0 aliphatic carbocycles. The number of esters is 1. The standard InChI is InChI=1S/C16H23NO4/c1-5-21-15(20)16(14(18)19,9-11(2)3)10-13-12(4)7-6-8-17-13/h6-8,11H,5,9-10H2,1-4H3,(H,18,19). The molecule has 5 heteroatoms. The molecular weight excluding hydrogens is 270 g/mol. The number of ether oxygens (including phenoxy) is 1. The van der Waals surface area contributed by atoms with E-state index in [0.29, 0.717) is 5.69 Å². The summed E-state index contributed by atoms with van der Waals surface area (Å²) in [6, 6.07) is 3.64. The van der Waals surface area contributed by atoms with Gasteiger partial charge in [-0.1, -0.05) is 19.9 Å². The molecule has 1 aromatic heterocycles. The van der Waals surface area contributed by atoms with Gasteiger partial charge in [0.25, 0.3) is 0 Å². The SMILES string of the molecule is CCOC(=O)C(Cc1ncccc1C)(CC(C)C)C(=O)O. The van der Waals surface area contributed by atoms with Crippen LogP contribution in [0.15, 0.2) is 18.3 Å². The first-order chi connectivity index (χ1) is 9.83. The number of aliphatic carboxylic acids is 1. The van der Waals surface area contributed by atoms with Gasteiger partial charge in [0.05, 0.1) is 6.61 Å². The Bertz CT molecular complexity index is 513.